The van der Waals surface area contributed by atoms with E-state index in [1.54, 1.807) is 0 Å². The number of unbranched alkanes of at least 4 members (excludes halogenated alkanes) is 10. The molecule has 356 valence electrons. The Morgan fingerprint density at radius 2 is 1.15 bits per heavy atom. The molecule has 19 nitrogen and oxygen atoms in total. The second-order valence-corrected chi connectivity index (χ2v) is 16.4. The number of carboxylic acid groups (broad SMARTS) is 1. The summed E-state index contributed by atoms with van der Waals surface area (Å²) in [7, 11) is 0. The first kappa shape index (κ1) is 54.9. The van der Waals surface area contributed by atoms with Crippen molar-refractivity contribution in [1.29, 1.82) is 0 Å². The number of aliphatic hydroxyl groups is 11. The summed E-state index contributed by atoms with van der Waals surface area (Å²) in [4.78, 5) is 10.7. The summed E-state index contributed by atoms with van der Waals surface area (Å²) in [6.07, 6.45) is -6.83. The van der Waals surface area contributed by atoms with Crippen molar-refractivity contribution in [2.45, 2.75) is 227 Å². The van der Waals surface area contributed by atoms with Crippen LogP contribution < -0.4 is 0 Å². The number of carboxylic acids is 1. The first-order valence-electron chi connectivity index (χ1n) is 22.0. The van der Waals surface area contributed by atoms with E-state index in [0.717, 1.165) is 70.6 Å². The van der Waals surface area contributed by atoms with Gasteiger partial charge in [-0.2, -0.15) is 0 Å². The van der Waals surface area contributed by atoms with Crippen LogP contribution in [-0.2, 0) is 33.2 Å². The summed E-state index contributed by atoms with van der Waals surface area (Å²) in [6.45, 7) is 1.14. The van der Waals surface area contributed by atoms with E-state index in [4.69, 9.17) is 33.5 Å². The molecule has 2 aliphatic heterocycles. The molecule has 0 saturated carbocycles. The fourth-order valence-corrected chi connectivity index (χ4v) is 7.28. The van der Waals surface area contributed by atoms with Crippen LogP contribution in [0.4, 0.5) is 0 Å². The van der Waals surface area contributed by atoms with Crippen molar-refractivity contribution in [1.82, 2.24) is 0 Å². The number of aliphatic carboxylic acids is 1. The second kappa shape index (κ2) is 30.8. The minimum absolute atomic E-state index is 0.273. The Labute approximate surface area is 354 Å². The number of ether oxygens (including phenoxy) is 6. The average Bonchev–Trinajstić information content (AvgIpc) is 3.22. The van der Waals surface area contributed by atoms with Gasteiger partial charge in [-0.05, 0) is 45.4 Å². The van der Waals surface area contributed by atoms with E-state index in [1.807, 2.05) is 6.92 Å². The Bertz CT molecular complexity index is 1090. The van der Waals surface area contributed by atoms with Gasteiger partial charge in [0.05, 0.1) is 44.2 Å². The van der Waals surface area contributed by atoms with Crippen LogP contribution in [0.3, 0.4) is 0 Å². The van der Waals surface area contributed by atoms with E-state index in [0.29, 0.717) is 38.5 Å². The van der Waals surface area contributed by atoms with Gasteiger partial charge in [-0.15, -0.1) is 0 Å². The summed E-state index contributed by atoms with van der Waals surface area (Å²) in [5.74, 6) is -1.17. The standard InChI is InChI=1S/C41H78O19/c1-3-4-16-26(17-15-20-28(45)27(44)18-13-11-9-7-5-6-8-10-12-14-19-29(46)39(53)54)59-41-38(35(51)31(48)23-56-41)60-40-37(34(50)30(47)22-55-40)58-24-57-32(21-42)36(52)33(49)25(2)43/h25-38,40-52H,3-24H2,1-2H3,(H,53,54). The predicted octanol–water partition coefficient (Wildman–Crippen LogP) is -0.0552. The van der Waals surface area contributed by atoms with Gasteiger partial charge in [0, 0.05) is 0 Å². The topological polar surface area (TPSA) is 315 Å². The quantitative estimate of drug-likeness (QED) is 0.0298. The third kappa shape index (κ3) is 20.1. The molecule has 0 radical (unpaired) electrons. The lowest BCUT2D eigenvalue weighted by atomic mass is 9.98. The molecule has 16 unspecified atom stereocenters. The molecule has 0 bridgehead atoms. The Hall–Kier alpha value is -1.21. The third-order valence-corrected chi connectivity index (χ3v) is 11.3. The number of carbonyl (C=O) groups is 1. The molecule has 12 N–H and O–H groups in total. The third-order valence-electron chi connectivity index (χ3n) is 11.3. The van der Waals surface area contributed by atoms with E-state index in [-0.39, 0.29) is 19.6 Å². The van der Waals surface area contributed by atoms with Crippen LogP contribution in [-0.4, -0.2) is 192 Å². The normalized spacial score (nSPS) is 29.0. The maximum absolute atomic E-state index is 11.0. The summed E-state index contributed by atoms with van der Waals surface area (Å²) < 4.78 is 34.7. The van der Waals surface area contributed by atoms with Crippen molar-refractivity contribution in [2.75, 3.05) is 26.6 Å². The van der Waals surface area contributed by atoms with E-state index in [1.165, 1.54) is 6.92 Å². The highest BCUT2D eigenvalue weighted by Crippen LogP contribution is 2.29. The lowest BCUT2D eigenvalue weighted by molar-refractivity contribution is -0.357. The van der Waals surface area contributed by atoms with Crippen molar-refractivity contribution in [3.63, 3.8) is 0 Å². The van der Waals surface area contributed by atoms with Crippen molar-refractivity contribution in [3.8, 4) is 0 Å². The van der Waals surface area contributed by atoms with Crippen LogP contribution >= 0.6 is 0 Å². The van der Waals surface area contributed by atoms with Crippen LogP contribution in [0.25, 0.3) is 0 Å². The number of aliphatic hydroxyl groups excluding tert-OH is 11. The fraction of sp³-hybridized carbons (Fsp3) is 0.976. The Balaban J connectivity index is 1.85. The van der Waals surface area contributed by atoms with Crippen LogP contribution in [0.2, 0.25) is 0 Å². The van der Waals surface area contributed by atoms with Crippen LogP contribution in [0, 0.1) is 0 Å². The van der Waals surface area contributed by atoms with Crippen LogP contribution in [0.15, 0.2) is 0 Å². The highest BCUT2D eigenvalue weighted by Gasteiger charge is 2.48. The fourth-order valence-electron chi connectivity index (χ4n) is 7.28. The molecule has 0 aromatic rings. The van der Waals surface area contributed by atoms with Crippen molar-refractivity contribution in [3.05, 3.63) is 0 Å². The van der Waals surface area contributed by atoms with Crippen molar-refractivity contribution in [2.24, 2.45) is 0 Å². The van der Waals surface area contributed by atoms with E-state index < -0.39 is 117 Å². The van der Waals surface area contributed by atoms with Gasteiger partial charge in [0.2, 0.25) is 0 Å². The minimum Gasteiger partial charge on any atom is -0.479 e. The Kier molecular flexibility index (Phi) is 28.2. The lowest BCUT2D eigenvalue weighted by Crippen LogP contribution is -2.61. The molecular formula is C41H78O19. The first-order valence-corrected chi connectivity index (χ1v) is 22.0. The summed E-state index contributed by atoms with van der Waals surface area (Å²) in [5.41, 5.74) is 0. The molecule has 60 heavy (non-hydrogen) atoms. The molecule has 2 rings (SSSR count). The van der Waals surface area contributed by atoms with Crippen molar-refractivity contribution >= 4 is 5.97 Å². The predicted molar refractivity (Wildman–Crippen MR) is 213 cm³/mol. The maximum atomic E-state index is 11.0. The van der Waals surface area contributed by atoms with Gasteiger partial charge in [0.1, 0.15) is 61.7 Å². The van der Waals surface area contributed by atoms with Gasteiger partial charge in [-0.25, -0.2) is 4.79 Å². The minimum atomic E-state index is -1.70. The molecular weight excluding hydrogens is 796 g/mol. The van der Waals surface area contributed by atoms with Gasteiger partial charge in [0.15, 0.2) is 18.7 Å². The smallest absolute Gasteiger partial charge is 0.332 e. The summed E-state index contributed by atoms with van der Waals surface area (Å²) in [5, 5.41) is 121. The molecule has 2 fully saturated rings. The molecule has 2 heterocycles. The second-order valence-electron chi connectivity index (χ2n) is 16.4. The zero-order valence-electron chi connectivity index (χ0n) is 35.5. The average molecular weight is 875 g/mol. The van der Waals surface area contributed by atoms with Gasteiger partial charge in [-0.1, -0.05) is 84.0 Å². The Morgan fingerprint density at radius 1 is 0.650 bits per heavy atom. The van der Waals surface area contributed by atoms with Gasteiger partial charge >= 0.3 is 5.97 Å². The zero-order valence-corrected chi connectivity index (χ0v) is 35.5. The number of hydrogen-bond donors (Lipinski definition) is 12. The highest BCUT2D eigenvalue weighted by molar-refractivity contribution is 5.71. The molecule has 2 saturated heterocycles. The lowest BCUT2D eigenvalue weighted by Gasteiger charge is -2.44. The Morgan fingerprint density at radius 3 is 1.68 bits per heavy atom. The molecule has 2 aliphatic rings. The van der Waals surface area contributed by atoms with E-state index in [2.05, 4.69) is 0 Å². The van der Waals surface area contributed by atoms with E-state index in [9.17, 15) is 61.0 Å². The molecule has 16 atom stereocenters. The molecule has 0 aliphatic carbocycles. The molecule has 0 aromatic heterocycles. The van der Waals surface area contributed by atoms with Crippen molar-refractivity contribution < 1.29 is 94.5 Å². The zero-order chi connectivity index (χ0) is 44.6. The van der Waals surface area contributed by atoms with Crippen LogP contribution in [0.5, 0.6) is 0 Å². The van der Waals surface area contributed by atoms with Gasteiger partial charge in [0.25, 0.3) is 0 Å². The number of hydrogen-bond acceptors (Lipinski definition) is 18. The number of rotatable bonds is 34. The summed E-state index contributed by atoms with van der Waals surface area (Å²) in [6, 6.07) is 0. The monoisotopic (exact) mass is 875 g/mol. The largest absolute Gasteiger partial charge is 0.479 e. The molecule has 0 amide bonds. The molecule has 0 spiro atoms. The molecule has 19 heteroatoms. The highest BCUT2D eigenvalue weighted by atomic mass is 16.8. The van der Waals surface area contributed by atoms with E-state index >= 15 is 0 Å². The molecule has 0 aromatic carbocycles. The van der Waals surface area contributed by atoms with Crippen LogP contribution in [0.1, 0.15) is 129 Å². The first-order chi connectivity index (χ1) is 28.6. The SMILES string of the molecule is CCCCC(CCCC(O)C(O)CCCCCCCCCCCCC(O)C(=O)O)OC1OCC(O)C(O)C1OC1OCC(O)C(O)C1OCOC(CO)C(O)C(O)C(C)O. The van der Waals surface area contributed by atoms with Gasteiger partial charge < -0.3 is 89.7 Å². The van der Waals surface area contributed by atoms with Gasteiger partial charge in [-0.3, -0.25) is 0 Å². The summed E-state index contributed by atoms with van der Waals surface area (Å²) >= 11 is 0. The maximum Gasteiger partial charge on any atom is 0.332 e.